The molecule has 1 aromatic heterocycles. The number of aliphatic hydroxyl groups excluding tert-OH is 1. The van der Waals surface area contributed by atoms with Crippen LogP contribution in [-0.2, 0) is 0 Å². The average Bonchev–Trinajstić information content (AvgIpc) is 3.12. The molecule has 0 unspecified atom stereocenters. The first-order valence-corrected chi connectivity index (χ1v) is 8.63. The minimum absolute atomic E-state index is 0.00419. The number of aliphatic hydroxyl groups is 1. The molecule has 0 atom stereocenters. The first-order valence-electron chi connectivity index (χ1n) is 8.63. The summed E-state index contributed by atoms with van der Waals surface area (Å²) in [4.78, 5) is 12.6. The molecule has 3 rings (SSSR count). The number of carbonyl (C=O) groups excluding carboxylic acids is 1. The third kappa shape index (κ3) is 3.82. The highest BCUT2D eigenvalue weighted by atomic mass is 16.3. The molecule has 0 spiro atoms. The number of aromatic nitrogens is 3. The second-order valence-electron chi connectivity index (χ2n) is 6.55. The summed E-state index contributed by atoms with van der Waals surface area (Å²) < 4.78 is 1.64. The lowest BCUT2D eigenvalue weighted by molar-refractivity contribution is 0.0782. The van der Waals surface area contributed by atoms with Crippen LogP contribution in [0.25, 0.3) is 5.69 Å². The van der Waals surface area contributed by atoms with Gasteiger partial charge in [-0.1, -0.05) is 37.3 Å². The van der Waals surface area contributed by atoms with E-state index >= 15 is 0 Å². The second kappa shape index (κ2) is 7.57. The van der Waals surface area contributed by atoms with Gasteiger partial charge in [0.25, 0.3) is 5.91 Å². The van der Waals surface area contributed by atoms with E-state index in [4.69, 9.17) is 0 Å². The van der Waals surface area contributed by atoms with Crippen LogP contribution in [0.4, 0.5) is 0 Å². The third-order valence-electron chi connectivity index (χ3n) is 4.81. The van der Waals surface area contributed by atoms with Gasteiger partial charge in [0, 0.05) is 5.56 Å². The number of nitrogens with zero attached hydrogens (tertiary/aromatic N) is 3. The van der Waals surface area contributed by atoms with Crippen LogP contribution in [0.1, 0.15) is 55.3 Å². The van der Waals surface area contributed by atoms with Crippen molar-refractivity contribution in [1.29, 1.82) is 0 Å². The van der Waals surface area contributed by atoms with Crippen molar-refractivity contribution in [2.24, 2.45) is 0 Å². The van der Waals surface area contributed by atoms with Crippen molar-refractivity contribution in [3.05, 3.63) is 42.2 Å². The van der Waals surface area contributed by atoms with Crippen molar-refractivity contribution >= 4 is 5.91 Å². The summed E-state index contributed by atoms with van der Waals surface area (Å²) in [6.45, 7) is -0.00419. The van der Waals surface area contributed by atoms with E-state index in [1.165, 1.54) is 19.3 Å². The zero-order valence-corrected chi connectivity index (χ0v) is 13.8. The SMILES string of the molecule is O=C(NC1(CO)CCCCCCC1)c1ccc(-n2ccnn2)cc1. The largest absolute Gasteiger partial charge is 0.394 e. The second-order valence-corrected chi connectivity index (χ2v) is 6.55. The molecule has 0 aliphatic heterocycles. The zero-order valence-electron chi connectivity index (χ0n) is 13.8. The predicted molar refractivity (Wildman–Crippen MR) is 91.0 cm³/mol. The molecule has 0 saturated heterocycles. The minimum atomic E-state index is -0.484. The highest BCUT2D eigenvalue weighted by Gasteiger charge is 2.31. The van der Waals surface area contributed by atoms with E-state index in [-0.39, 0.29) is 12.5 Å². The Morgan fingerprint density at radius 1 is 1.12 bits per heavy atom. The minimum Gasteiger partial charge on any atom is -0.394 e. The monoisotopic (exact) mass is 328 g/mol. The number of hydrogen-bond donors (Lipinski definition) is 2. The van der Waals surface area contributed by atoms with Crippen LogP contribution in [0.2, 0.25) is 0 Å². The smallest absolute Gasteiger partial charge is 0.251 e. The summed E-state index contributed by atoms with van der Waals surface area (Å²) in [5.74, 6) is -0.130. The fourth-order valence-electron chi connectivity index (χ4n) is 3.33. The van der Waals surface area contributed by atoms with Gasteiger partial charge in [0.1, 0.15) is 0 Å². The van der Waals surface area contributed by atoms with Gasteiger partial charge in [-0.15, -0.1) is 5.10 Å². The van der Waals surface area contributed by atoms with Crippen LogP contribution < -0.4 is 5.32 Å². The van der Waals surface area contributed by atoms with Gasteiger partial charge in [-0.2, -0.15) is 0 Å². The van der Waals surface area contributed by atoms with Crippen molar-refractivity contribution in [2.45, 2.75) is 50.5 Å². The van der Waals surface area contributed by atoms with Crippen molar-refractivity contribution in [3.63, 3.8) is 0 Å². The summed E-state index contributed by atoms with van der Waals surface area (Å²) in [7, 11) is 0. The molecule has 1 aromatic carbocycles. The lowest BCUT2D eigenvalue weighted by Crippen LogP contribution is -2.51. The molecular weight excluding hydrogens is 304 g/mol. The molecule has 2 N–H and O–H groups in total. The van der Waals surface area contributed by atoms with E-state index in [2.05, 4.69) is 15.6 Å². The standard InChI is InChI=1S/C18H24N4O2/c23-14-18(10-4-2-1-3-5-11-18)20-17(24)15-6-8-16(9-7-15)22-13-12-19-21-22/h6-9,12-13,23H,1-5,10-11,14H2,(H,20,24). The Morgan fingerprint density at radius 2 is 1.79 bits per heavy atom. The fourth-order valence-corrected chi connectivity index (χ4v) is 3.33. The van der Waals surface area contributed by atoms with Gasteiger partial charge < -0.3 is 10.4 Å². The Labute approximate surface area is 141 Å². The van der Waals surface area contributed by atoms with Crippen LogP contribution in [0.3, 0.4) is 0 Å². The summed E-state index contributed by atoms with van der Waals surface area (Å²) in [5.41, 5.74) is 0.961. The number of benzene rings is 1. The molecule has 128 valence electrons. The molecule has 6 heteroatoms. The highest BCUT2D eigenvalue weighted by molar-refractivity contribution is 5.94. The van der Waals surface area contributed by atoms with Crippen LogP contribution in [0.5, 0.6) is 0 Å². The molecule has 1 fully saturated rings. The van der Waals surface area contributed by atoms with E-state index in [1.807, 2.05) is 12.1 Å². The van der Waals surface area contributed by atoms with Gasteiger partial charge in [0.05, 0.1) is 30.2 Å². The van der Waals surface area contributed by atoms with E-state index in [9.17, 15) is 9.90 Å². The first-order chi connectivity index (χ1) is 11.7. The predicted octanol–water partition coefficient (Wildman–Crippen LogP) is 2.47. The van der Waals surface area contributed by atoms with E-state index in [1.54, 1.807) is 29.2 Å². The van der Waals surface area contributed by atoms with Crippen molar-refractivity contribution in [3.8, 4) is 5.69 Å². The highest BCUT2D eigenvalue weighted by Crippen LogP contribution is 2.26. The maximum atomic E-state index is 12.6. The number of rotatable bonds is 4. The number of carbonyl (C=O) groups is 1. The average molecular weight is 328 g/mol. The van der Waals surface area contributed by atoms with Crippen LogP contribution in [-0.4, -0.2) is 38.2 Å². The van der Waals surface area contributed by atoms with E-state index in [0.717, 1.165) is 31.4 Å². The Bertz CT molecular complexity index is 644. The van der Waals surface area contributed by atoms with Crippen LogP contribution in [0, 0.1) is 0 Å². The summed E-state index contributed by atoms with van der Waals surface area (Å²) in [6.07, 6.45) is 10.7. The molecule has 2 aromatic rings. The maximum Gasteiger partial charge on any atom is 0.251 e. The molecule has 1 aliphatic carbocycles. The van der Waals surface area contributed by atoms with Gasteiger partial charge in [-0.05, 0) is 37.1 Å². The van der Waals surface area contributed by atoms with E-state index < -0.39 is 5.54 Å². The third-order valence-corrected chi connectivity index (χ3v) is 4.81. The van der Waals surface area contributed by atoms with Gasteiger partial charge in [0.2, 0.25) is 0 Å². The van der Waals surface area contributed by atoms with Gasteiger partial charge in [-0.3, -0.25) is 4.79 Å². The van der Waals surface area contributed by atoms with Crippen molar-refractivity contribution in [1.82, 2.24) is 20.3 Å². The zero-order chi connectivity index (χ0) is 16.8. The Balaban J connectivity index is 1.70. The van der Waals surface area contributed by atoms with Gasteiger partial charge >= 0.3 is 0 Å². The van der Waals surface area contributed by atoms with E-state index in [0.29, 0.717) is 5.56 Å². The maximum absolute atomic E-state index is 12.6. The lowest BCUT2D eigenvalue weighted by Gasteiger charge is -2.34. The van der Waals surface area contributed by atoms with Crippen LogP contribution >= 0.6 is 0 Å². The molecule has 0 bridgehead atoms. The topological polar surface area (TPSA) is 80.0 Å². The molecule has 1 saturated carbocycles. The normalized spacial score (nSPS) is 17.7. The van der Waals surface area contributed by atoms with Gasteiger partial charge in [0.15, 0.2) is 0 Å². The molecule has 24 heavy (non-hydrogen) atoms. The number of nitrogens with one attached hydrogen (secondary N) is 1. The van der Waals surface area contributed by atoms with Crippen LogP contribution in [0.15, 0.2) is 36.7 Å². The molecule has 0 radical (unpaired) electrons. The van der Waals surface area contributed by atoms with Crippen molar-refractivity contribution in [2.75, 3.05) is 6.61 Å². The molecular formula is C18H24N4O2. The quantitative estimate of drug-likeness (QED) is 0.903. The Kier molecular flexibility index (Phi) is 5.25. The summed E-state index contributed by atoms with van der Waals surface area (Å²) in [5, 5.41) is 20.7. The molecule has 1 heterocycles. The van der Waals surface area contributed by atoms with Gasteiger partial charge in [-0.25, -0.2) is 4.68 Å². The van der Waals surface area contributed by atoms with Crippen molar-refractivity contribution < 1.29 is 9.90 Å². The lowest BCUT2D eigenvalue weighted by atomic mass is 9.84. The number of hydrogen-bond acceptors (Lipinski definition) is 4. The first kappa shape index (κ1) is 16.6. The fraction of sp³-hybridized carbons (Fsp3) is 0.500. The summed E-state index contributed by atoms with van der Waals surface area (Å²) in [6, 6.07) is 7.24. The molecule has 1 amide bonds. The summed E-state index contributed by atoms with van der Waals surface area (Å²) >= 11 is 0. The molecule has 6 nitrogen and oxygen atoms in total. The number of amides is 1. The Hall–Kier alpha value is -2.21. The Morgan fingerprint density at radius 3 is 2.38 bits per heavy atom. The molecule has 1 aliphatic rings.